The van der Waals surface area contributed by atoms with E-state index in [-0.39, 0.29) is 23.6 Å². The number of benzene rings is 1. The fourth-order valence-electron chi connectivity index (χ4n) is 3.16. The molecular weight excluding hydrogens is 342 g/mol. The molecule has 1 fully saturated rings. The summed E-state index contributed by atoms with van der Waals surface area (Å²) in [6.07, 6.45) is 0. The second-order valence-electron chi connectivity index (χ2n) is 6.81. The lowest BCUT2D eigenvalue weighted by Gasteiger charge is -2.19. The average Bonchev–Trinajstić information content (AvgIpc) is 2.82. The number of aliphatic hydroxyl groups is 1. The van der Waals surface area contributed by atoms with E-state index in [4.69, 9.17) is 5.73 Å². The Morgan fingerprint density at radius 2 is 1.96 bits per heavy atom. The van der Waals surface area contributed by atoms with Crippen LogP contribution in [0.25, 0.3) is 11.3 Å². The highest BCUT2D eigenvalue weighted by molar-refractivity contribution is 5.92. The first-order chi connectivity index (χ1) is 12.7. The van der Waals surface area contributed by atoms with Crippen LogP contribution < -0.4 is 5.73 Å². The van der Waals surface area contributed by atoms with Crippen molar-refractivity contribution in [2.24, 2.45) is 11.7 Å². The SMILES string of the molecule is C[C@@H]1[C@H](C)N(C)C(=O)[C@@]1(O)C#Cc1cccc(-c2cccc(C(N)=O)n2)c1. The molecule has 0 saturated carbocycles. The highest BCUT2D eigenvalue weighted by Gasteiger charge is 2.52. The Hall–Kier alpha value is -3.17. The van der Waals surface area contributed by atoms with Gasteiger partial charge in [0.2, 0.25) is 5.60 Å². The van der Waals surface area contributed by atoms with E-state index >= 15 is 0 Å². The van der Waals surface area contributed by atoms with Gasteiger partial charge in [0.1, 0.15) is 5.69 Å². The van der Waals surface area contributed by atoms with Crippen LogP contribution in [-0.2, 0) is 4.79 Å². The quantitative estimate of drug-likeness (QED) is 0.789. The fraction of sp³-hybridized carbons (Fsp3) is 0.286. The molecule has 0 radical (unpaired) electrons. The lowest BCUT2D eigenvalue weighted by molar-refractivity contribution is -0.139. The van der Waals surface area contributed by atoms with Gasteiger partial charge in [-0.2, -0.15) is 0 Å². The first-order valence-electron chi connectivity index (χ1n) is 8.64. The van der Waals surface area contributed by atoms with Crippen molar-refractivity contribution in [3.8, 4) is 23.1 Å². The van der Waals surface area contributed by atoms with Crippen molar-refractivity contribution in [3.63, 3.8) is 0 Å². The van der Waals surface area contributed by atoms with E-state index in [0.29, 0.717) is 11.3 Å². The molecule has 0 unspecified atom stereocenters. The Labute approximate surface area is 158 Å². The van der Waals surface area contributed by atoms with E-state index in [1.54, 1.807) is 43.4 Å². The minimum atomic E-state index is -1.70. The Balaban J connectivity index is 1.95. The zero-order chi connectivity index (χ0) is 19.8. The molecule has 1 saturated heterocycles. The van der Waals surface area contributed by atoms with Crippen LogP contribution in [0, 0.1) is 17.8 Å². The molecule has 2 amide bonds. The van der Waals surface area contributed by atoms with Crippen LogP contribution in [0.3, 0.4) is 0 Å². The average molecular weight is 363 g/mol. The number of likely N-dealkylation sites (N-methyl/N-ethyl adjacent to an activating group) is 1. The van der Waals surface area contributed by atoms with Crippen LogP contribution in [0.15, 0.2) is 42.5 Å². The van der Waals surface area contributed by atoms with E-state index in [1.165, 1.54) is 4.90 Å². The van der Waals surface area contributed by atoms with E-state index in [0.717, 1.165) is 5.56 Å². The summed E-state index contributed by atoms with van der Waals surface area (Å²) in [4.78, 5) is 29.5. The summed E-state index contributed by atoms with van der Waals surface area (Å²) in [6, 6.07) is 12.2. The van der Waals surface area contributed by atoms with Crippen molar-refractivity contribution in [1.29, 1.82) is 0 Å². The highest BCUT2D eigenvalue weighted by Crippen LogP contribution is 2.32. The van der Waals surface area contributed by atoms with Gasteiger partial charge in [0.05, 0.1) is 5.69 Å². The summed E-state index contributed by atoms with van der Waals surface area (Å²) < 4.78 is 0. The van der Waals surface area contributed by atoms with Crippen molar-refractivity contribution in [3.05, 3.63) is 53.7 Å². The predicted octanol–water partition coefficient (Wildman–Crippen LogP) is 1.43. The second kappa shape index (κ2) is 6.86. The zero-order valence-electron chi connectivity index (χ0n) is 15.4. The number of pyridine rings is 1. The zero-order valence-corrected chi connectivity index (χ0v) is 15.4. The first kappa shape index (κ1) is 18.6. The number of carbonyl (C=O) groups is 2. The molecule has 3 atom stereocenters. The molecule has 1 aliphatic rings. The predicted molar refractivity (Wildman–Crippen MR) is 101 cm³/mol. The maximum absolute atomic E-state index is 12.4. The molecule has 138 valence electrons. The minimum absolute atomic E-state index is 0.0936. The Bertz CT molecular complexity index is 976. The second-order valence-corrected chi connectivity index (χ2v) is 6.81. The molecule has 0 aliphatic carbocycles. The third-order valence-electron chi connectivity index (χ3n) is 5.20. The standard InChI is InChI=1S/C21H21N3O3/c1-13-14(2)24(3)20(26)21(13,27)11-10-15-6-4-7-16(12-15)17-8-5-9-18(23-17)19(22)25/h4-9,12-14,27H,1-3H3,(H2,22,25)/t13-,14+,21-/m1/s1. The summed E-state index contributed by atoms with van der Waals surface area (Å²) in [5.74, 6) is 4.38. The van der Waals surface area contributed by atoms with Crippen LogP contribution in [0.1, 0.15) is 29.9 Å². The molecule has 1 aromatic heterocycles. The number of hydrogen-bond donors (Lipinski definition) is 2. The molecule has 1 aromatic carbocycles. The van der Waals surface area contributed by atoms with E-state index < -0.39 is 11.5 Å². The van der Waals surface area contributed by atoms with Crippen molar-refractivity contribution in [2.75, 3.05) is 7.05 Å². The van der Waals surface area contributed by atoms with Gasteiger partial charge in [-0.25, -0.2) is 4.98 Å². The van der Waals surface area contributed by atoms with Crippen LogP contribution in [0.5, 0.6) is 0 Å². The molecule has 0 bridgehead atoms. The molecule has 3 N–H and O–H groups in total. The third-order valence-corrected chi connectivity index (χ3v) is 5.20. The van der Waals surface area contributed by atoms with E-state index in [2.05, 4.69) is 16.8 Å². The Morgan fingerprint density at radius 3 is 2.59 bits per heavy atom. The monoisotopic (exact) mass is 363 g/mol. The summed E-state index contributed by atoms with van der Waals surface area (Å²) >= 11 is 0. The number of nitrogens with two attached hydrogens (primary N) is 1. The van der Waals surface area contributed by atoms with E-state index in [1.807, 2.05) is 19.9 Å². The number of likely N-dealkylation sites (tertiary alicyclic amines) is 1. The van der Waals surface area contributed by atoms with Crippen molar-refractivity contribution in [2.45, 2.75) is 25.5 Å². The summed E-state index contributed by atoms with van der Waals surface area (Å²) in [6.45, 7) is 3.71. The van der Waals surface area contributed by atoms with Gasteiger partial charge in [-0.3, -0.25) is 9.59 Å². The normalized spacial score (nSPS) is 24.4. The molecule has 27 heavy (non-hydrogen) atoms. The molecule has 1 aliphatic heterocycles. The largest absolute Gasteiger partial charge is 0.369 e. The maximum Gasteiger partial charge on any atom is 0.267 e. The number of hydrogen-bond acceptors (Lipinski definition) is 4. The number of primary amides is 1. The van der Waals surface area contributed by atoms with Crippen LogP contribution in [0.4, 0.5) is 0 Å². The summed E-state index contributed by atoms with van der Waals surface area (Å²) in [5.41, 5.74) is 5.75. The lowest BCUT2D eigenvalue weighted by atomic mass is 9.88. The van der Waals surface area contributed by atoms with Crippen molar-refractivity contribution in [1.82, 2.24) is 9.88 Å². The number of nitrogens with zero attached hydrogens (tertiary/aromatic N) is 2. The Kier molecular flexibility index (Phi) is 4.73. The van der Waals surface area contributed by atoms with Gasteiger partial charge >= 0.3 is 0 Å². The van der Waals surface area contributed by atoms with E-state index in [9.17, 15) is 14.7 Å². The number of amides is 2. The van der Waals surface area contributed by atoms with Gasteiger partial charge in [-0.1, -0.05) is 37.0 Å². The molecule has 2 heterocycles. The summed E-state index contributed by atoms with van der Waals surface area (Å²) in [7, 11) is 1.67. The maximum atomic E-state index is 12.4. The van der Waals surface area contributed by atoms with Gasteiger partial charge < -0.3 is 15.7 Å². The summed E-state index contributed by atoms with van der Waals surface area (Å²) in [5, 5.41) is 10.8. The lowest BCUT2D eigenvalue weighted by Crippen LogP contribution is -2.40. The van der Waals surface area contributed by atoms with Gasteiger partial charge in [-0.15, -0.1) is 0 Å². The Morgan fingerprint density at radius 1 is 1.26 bits per heavy atom. The number of rotatable bonds is 2. The van der Waals surface area contributed by atoms with Crippen LogP contribution in [-0.4, -0.2) is 45.5 Å². The van der Waals surface area contributed by atoms with Crippen LogP contribution in [0.2, 0.25) is 0 Å². The highest BCUT2D eigenvalue weighted by atomic mass is 16.3. The van der Waals surface area contributed by atoms with Gasteiger partial charge in [0.25, 0.3) is 11.8 Å². The third kappa shape index (κ3) is 3.29. The first-order valence-corrected chi connectivity index (χ1v) is 8.64. The van der Waals surface area contributed by atoms with Crippen molar-refractivity contribution < 1.29 is 14.7 Å². The number of aromatic nitrogens is 1. The minimum Gasteiger partial charge on any atom is -0.369 e. The molecule has 3 rings (SSSR count). The fourth-order valence-corrected chi connectivity index (χ4v) is 3.16. The van der Waals surface area contributed by atoms with Gasteiger partial charge in [0, 0.05) is 30.1 Å². The molecule has 2 aromatic rings. The van der Waals surface area contributed by atoms with Gasteiger partial charge in [0.15, 0.2) is 0 Å². The number of carbonyl (C=O) groups excluding carboxylic acids is 2. The van der Waals surface area contributed by atoms with Gasteiger partial charge in [-0.05, 0) is 31.2 Å². The molecule has 6 heteroatoms. The van der Waals surface area contributed by atoms with Crippen LogP contribution >= 0.6 is 0 Å². The molecular formula is C21H21N3O3. The molecule has 6 nitrogen and oxygen atoms in total. The molecule has 0 spiro atoms. The topological polar surface area (TPSA) is 96.5 Å². The smallest absolute Gasteiger partial charge is 0.267 e. The van der Waals surface area contributed by atoms with Crippen molar-refractivity contribution >= 4 is 11.8 Å².